The SMILES string of the molecule is Cc1noc(C)c1COc1ccccc1C(=O)N(C)C1CCCCC1. The summed E-state index contributed by atoms with van der Waals surface area (Å²) in [7, 11) is 1.91. The van der Waals surface area contributed by atoms with Crippen LogP contribution < -0.4 is 4.74 Å². The molecule has 0 atom stereocenters. The number of aryl methyl sites for hydroxylation is 2. The molecule has 1 aliphatic rings. The van der Waals surface area contributed by atoms with Crippen LogP contribution in [0.3, 0.4) is 0 Å². The van der Waals surface area contributed by atoms with E-state index in [0.717, 1.165) is 29.9 Å². The smallest absolute Gasteiger partial charge is 0.257 e. The van der Waals surface area contributed by atoms with E-state index in [2.05, 4.69) is 5.16 Å². The normalized spacial score (nSPS) is 15.2. The van der Waals surface area contributed by atoms with E-state index in [1.165, 1.54) is 19.3 Å². The quantitative estimate of drug-likeness (QED) is 0.814. The third-order valence-corrected chi connectivity index (χ3v) is 5.11. The van der Waals surface area contributed by atoms with Gasteiger partial charge in [-0.25, -0.2) is 0 Å². The average molecular weight is 342 g/mol. The molecular weight excluding hydrogens is 316 g/mol. The fourth-order valence-electron chi connectivity index (χ4n) is 3.45. The molecule has 0 aliphatic heterocycles. The first-order valence-corrected chi connectivity index (χ1v) is 8.98. The summed E-state index contributed by atoms with van der Waals surface area (Å²) < 4.78 is 11.1. The van der Waals surface area contributed by atoms with E-state index < -0.39 is 0 Å². The molecule has 25 heavy (non-hydrogen) atoms. The van der Waals surface area contributed by atoms with Gasteiger partial charge in [-0.1, -0.05) is 36.6 Å². The van der Waals surface area contributed by atoms with Gasteiger partial charge in [0, 0.05) is 13.1 Å². The Morgan fingerprint density at radius 3 is 2.64 bits per heavy atom. The van der Waals surface area contributed by atoms with Crippen LogP contribution in [0.25, 0.3) is 0 Å². The average Bonchev–Trinajstić information content (AvgIpc) is 2.97. The number of carbonyl (C=O) groups excluding carboxylic acids is 1. The second-order valence-electron chi connectivity index (χ2n) is 6.80. The summed E-state index contributed by atoms with van der Waals surface area (Å²) in [6.45, 7) is 4.11. The summed E-state index contributed by atoms with van der Waals surface area (Å²) in [6, 6.07) is 7.78. The summed E-state index contributed by atoms with van der Waals surface area (Å²) in [5, 5.41) is 3.95. The summed E-state index contributed by atoms with van der Waals surface area (Å²) in [5.41, 5.74) is 2.37. The van der Waals surface area contributed by atoms with Crippen LogP contribution in [0, 0.1) is 13.8 Å². The molecule has 2 aromatic rings. The maximum absolute atomic E-state index is 13.0. The van der Waals surface area contributed by atoms with Gasteiger partial charge in [-0.15, -0.1) is 0 Å². The van der Waals surface area contributed by atoms with Crippen molar-refractivity contribution in [3.05, 3.63) is 46.8 Å². The minimum absolute atomic E-state index is 0.0289. The Morgan fingerprint density at radius 1 is 1.24 bits per heavy atom. The van der Waals surface area contributed by atoms with Crippen LogP contribution in [0.4, 0.5) is 0 Å². The van der Waals surface area contributed by atoms with Crippen LogP contribution in [0.1, 0.15) is 59.5 Å². The van der Waals surface area contributed by atoms with Gasteiger partial charge in [0.15, 0.2) is 0 Å². The number of nitrogens with zero attached hydrogens (tertiary/aromatic N) is 2. The number of para-hydroxylation sites is 1. The zero-order valence-corrected chi connectivity index (χ0v) is 15.2. The zero-order chi connectivity index (χ0) is 17.8. The van der Waals surface area contributed by atoms with E-state index in [9.17, 15) is 4.79 Å². The van der Waals surface area contributed by atoms with Crippen molar-refractivity contribution in [2.45, 2.75) is 58.6 Å². The maximum atomic E-state index is 13.0. The van der Waals surface area contributed by atoms with E-state index in [-0.39, 0.29) is 5.91 Å². The van der Waals surface area contributed by atoms with Crippen molar-refractivity contribution >= 4 is 5.91 Å². The summed E-state index contributed by atoms with van der Waals surface area (Å²) in [4.78, 5) is 14.9. The second kappa shape index (κ2) is 7.72. The molecular formula is C20H26N2O3. The fourth-order valence-corrected chi connectivity index (χ4v) is 3.45. The lowest BCUT2D eigenvalue weighted by Gasteiger charge is -2.31. The largest absolute Gasteiger partial charge is 0.488 e. The highest BCUT2D eigenvalue weighted by molar-refractivity contribution is 5.97. The number of amides is 1. The Kier molecular flexibility index (Phi) is 5.41. The van der Waals surface area contributed by atoms with Gasteiger partial charge in [-0.05, 0) is 38.8 Å². The summed E-state index contributed by atoms with van der Waals surface area (Å²) in [6.07, 6.45) is 5.85. The number of hydrogen-bond acceptors (Lipinski definition) is 4. The first-order chi connectivity index (χ1) is 12.1. The van der Waals surface area contributed by atoms with E-state index in [0.29, 0.717) is 24.0 Å². The summed E-state index contributed by atoms with van der Waals surface area (Å²) >= 11 is 0. The molecule has 1 fully saturated rings. The number of rotatable bonds is 5. The van der Waals surface area contributed by atoms with Crippen molar-refractivity contribution in [3.8, 4) is 5.75 Å². The highest BCUT2D eigenvalue weighted by atomic mass is 16.5. The molecule has 5 nitrogen and oxygen atoms in total. The van der Waals surface area contributed by atoms with E-state index in [1.807, 2.05) is 50.1 Å². The third kappa shape index (κ3) is 3.86. The number of hydrogen-bond donors (Lipinski definition) is 0. The molecule has 134 valence electrons. The van der Waals surface area contributed by atoms with Crippen LogP contribution in [0.2, 0.25) is 0 Å². The van der Waals surface area contributed by atoms with Crippen LogP contribution in [0.15, 0.2) is 28.8 Å². The molecule has 1 amide bonds. The maximum Gasteiger partial charge on any atom is 0.257 e. The van der Waals surface area contributed by atoms with Gasteiger partial charge in [-0.3, -0.25) is 4.79 Å². The van der Waals surface area contributed by atoms with Gasteiger partial charge < -0.3 is 14.2 Å². The Labute approximate surface area is 148 Å². The lowest BCUT2D eigenvalue weighted by Crippen LogP contribution is -2.38. The van der Waals surface area contributed by atoms with E-state index >= 15 is 0 Å². The van der Waals surface area contributed by atoms with Gasteiger partial charge >= 0.3 is 0 Å². The van der Waals surface area contributed by atoms with Gasteiger partial charge in [0.05, 0.1) is 16.8 Å². The number of benzene rings is 1. The Morgan fingerprint density at radius 2 is 1.96 bits per heavy atom. The van der Waals surface area contributed by atoms with Gasteiger partial charge in [0.2, 0.25) is 0 Å². The van der Waals surface area contributed by atoms with E-state index in [4.69, 9.17) is 9.26 Å². The minimum atomic E-state index is 0.0289. The standard InChI is InChI=1S/C20H26N2O3/c1-14-18(15(2)25-21-14)13-24-19-12-8-7-11-17(19)20(23)22(3)16-9-5-4-6-10-16/h7-8,11-12,16H,4-6,9-10,13H2,1-3H3. The predicted molar refractivity (Wildman–Crippen MR) is 95.7 cm³/mol. The Hall–Kier alpha value is -2.30. The Balaban J connectivity index is 1.74. The second-order valence-corrected chi connectivity index (χ2v) is 6.80. The van der Waals surface area contributed by atoms with Crippen molar-refractivity contribution in [2.75, 3.05) is 7.05 Å². The first-order valence-electron chi connectivity index (χ1n) is 8.98. The number of aromatic nitrogens is 1. The Bertz CT molecular complexity index is 713. The fraction of sp³-hybridized carbons (Fsp3) is 0.500. The minimum Gasteiger partial charge on any atom is -0.488 e. The molecule has 5 heteroatoms. The lowest BCUT2D eigenvalue weighted by atomic mass is 9.94. The van der Waals surface area contributed by atoms with Crippen LogP contribution in [0.5, 0.6) is 5.75 Å². The van der Waals surface area contributed by atoms with Crippen LogP contribution >= 0.6 is 0 Å². The van der Waals surface area contributed by atoms with Crippen molar-refractivity contribution in [2.24, 2.45) is 0 Å². The molecule has 1 aromatic carbocycles. The topological polar surface area (TPSA) is 55.6 Å². The van der Waals surface area contributed by atoms with Crippen molar-refractivity contribution in [1.29, 1.82) is 0 Å². The molecule has 0 radical (unpaired) electrons. The molecule has 1 aromatic heterocycles. The van der Waals surface area contributed by atoms with Gasteiger partial charge in [-0.2, -0.15) is 0 Å². The monoisotopic (exact) mass is 342 g/mol. The van der Waals surface area contributed by atoms with Crippen LogP contribution in [-0.2, 0) is 6.61 Å². The molecule has 1 aliphatic carbocycles. The highest BCUT2D eigenvalue weighted by Crippen LogP contribution is 2.26. The first kappa shape index (κ1) is 17.5. The summed E-state index contributed by atoms with van der Waals surface area (Å²) in [5.74, 6) is 1.39. The molecule has 0 bridgehead atoms. The zero-order valence-electron chi connectivity index (χ0n) is 15.2. The van der Waals surface area contributed by atoms with Crippen molar-refractivity contribution in [1.82, 2.24) is 10.1 Å². The van der Waals surface area contributed by atoms with Crippen LogP contribution in [-0.4, -0.2) is 29.1 Å². The molecule has 0 unspecified atom stereocenters. The lowest BCUT2D eigenvalue weighted by molar-refractivity contribution is 0.0691. The van der Waals surface area contributed by atoms with E-state index in [1.54, 1.807) is 0 Å². The molecule has 1 heterocycles. The van der Waals surface area contributed by atoms with Crippen molar-refractivity contribution in [3.63, 3.8) is 0 Å². The molecule has 0 spiro atoms. The molecule has 0 saturated heterocycles. The van der Waals surface area contributed by atoms with Gasteiger partial charge in [0.1, 0.15) is 18.1 Å². The molecule has 0 N–H and O–H groups in total. The number of carbonyl (C=O) groups is 1. The highest BCUT2D eigenvalue weighted by Gasteiger charge is 2.25. The van der Waals surface area contributed by atoms with Gasteiger partial charge in [0.25, 0.3) is 5.91 Å². The molecule has 3 rings (SSSR count). The molecule has 1 saturated carbocycles. The third-order valence-electron chi connectivity index (χ3n) is 5.11. The predicted octanol–water partition coefficient (Wildman–Crippen LogP) is 4.28. The van der Waals surface area contributed by atoms with Crippen molar-refractivity contribution < 1.29 is 14.1 Å². The number of ether oxygens (including phenoxy) is 1.